The fourth-order valence-electron chi connectivity index (χ4n) is 2.71. The molecule has 2 N–H and O–H groups in total. The number of carboxylic acids is 1. The summed E-state index contributed by atoms with van der Waals surface area (Å²) in [5.41, 5.74) is 3.12. The second kappa shape index (κ2) is 8.39. The summed E-state index contributed by atoms with van der Waals surface area (Å²) < 4.78 is 3.36. The van der Waals surface area contributed by atoms with Crippen LogP contribution in [0, 0.1) is 0 Å². The number of nitrogens with zero attached hydrogens (tertiary/aromatic N) is 4. The molecule has 0 atom stereocenters. The normalized spacial score (nSPS) is 10.8. The van der Waals surface area contributed by atoms with Crippen LogP contribution in [-0.2, 0) is 17.9 Å². The summed E-state index contributed by atoms with van der Waals surface area (Å²) in [5.74, 6) is -0.913. The smallest absolute Gasteiger partial charge is 0.323 e. The predicted molar refractivity (Wildman–Crippen MR) is 104 cm³/mol. The third-order valence-corrected chi connectivity index (χ3v) is 4.43. The van der Waals surface area contributed by atoms with Crippen LogP contribution in [0.4, 0.5) is 0 Å². The zero-order chi connectivity index (χ0) is 19.4. The van der Waals surface area contributed by atoms with Crippen LogP contribution in [0.5, 0.6) is 0 Å². The van der Waals surface area contributed by atoms with Crippen LogP contribution in [0.25, 0.3) is 22.1 Å². The van der Waals surface area contributed by atoms with E-state index in [1.54, 1.807) is 24.5 Å². The van der Waals surface area contributed by atoms with Gasteiger partial charge in [-0.15, -0.1) is 0 Å². The van der Waals surface area contributed by atoms with E-state index >= 15 is 0 Å². The SMILES string of the molecule is O=C(O)Cn1cnc2cccc(Cl)c21.OCCn1cnc2cccc(Cl)c21. The van der Waals surface area contributed by atoms with Gasteiger partial charge in [0.15, 0.2) is 0 Å². The lowest BCUT2D eigenvalue weighted by atomic mass is 10.3. The lowest BCUT2D eigenvalue weighted by molar-refractivity contribution is -0.137. The van der Waals surface area contributed by atoms with Gasteiger partial charge in [0.25, 0.3) is 0 Å². The predicted octanol–water partition coefficient (Wildman–Crippen LogP) is 3.46. The molecular weight excluding hydrogens is 391 g/mol. The summed E-state index contributed by atoms with van der Waals surface area (Å²) in [6.07, 6.45) is 3.16. The largest absolute Gasteiger partial charge is 0.480 e. The van der Waals surface area contributed by atoms with Crippen molar-refractivity contribution in [3.63, 3.8) is 0 Å². The quantitative estimate of drug-likeness (QED) is 0.541. The first-order valence-corrected chi connectivity index (χ1v) is 8.78. The van der Waals surface area contributed by atoms with Gasteiger partial charge in [0.2, 0.25) is 0 Å². The van der Waals surface area contributed by atoms with Crippen molar-refractivity contribution in [2.24, 2.45) is 0 Å². The zero-order valence-electron chi connectivity index (χ0n) is 14.1. The Morgan fingerprint density at radius 1 is 0.926 bits per heavy atom. The number of fused-ring (bicyclic) bond motifs is 2. The van der Waals surface area contributed by atoms with Gasteiger partial charge < -0.3 is 19.3 Å². The summed E-state index contributed by atoms with van der Waals surface area (Å²) in [6, 6.07) is 10.9. The van der Waals surface area contributed by atoms with Crippen molar-refractivity contribution in [2.75, 3.05) is 6.61 Å². The van der Waals surface area contributed by atoms with Crippen LogP contribution < -0.4 is 0 Å². The maximum Gasteiger partial charge on any atom is 0.323 e. The number of hydrogen-bond donors (Lipinski definition) is 2. The Bertz CT molecular complexity index is 1090. The molecule has 0 amide bonds. The Labute approximate surface area is 164 Å². The number of aliphatic carboxylic acids is 1. The fraction of sp³-hybridized carbons (Fsp3) is 0.167. The number of imidazole rings is 2. The van der Waals surface area contributed by atoms with Gasteiger partial charge in [-0.25, -0.2) is 9.97 Å². The second-order valence-corrected chi connectivity index (χ2v) is 6.46. The summed E-state index contributed by atoms with van der Waals surface area (Å²) in [7, 11) is 0. The standard InChI is InChI=1S/C9H7ClN2O2.C9H9ClN2O/c10-6-2-1-3-7-9(6)12(5-11-7)4-8(13)14;10-7-2-1-3-8-9(7)12(4-5-13)6-11-8/h1-3,5H,4H2,(H,13,14);1-3,6,13H,4-5H2. The number of carboxylic acid groups (broad SMARTS) is 1. The van der Waals surface area contributed by atoms with Gasteiger partial charge in [-0.3, -0.25) is 4.79 Å². The van der Waals surface area contributed by atoms with Crippen molar-refractivity contribution < 1.29 is 15.0 Å². The van der Waals surface area contributed by atoms with Gasteiger partial charge in [-0.05, 0) is 24.3 Å². The minimum atomic E-state index is -0.913. The summed E-state index contributed by atoms with van der Waals surface area (Å²) in [5, 5.41) is 18.6. The minimum absolute atomic E-state index is 0.0939. The van der Waals surface area contributed by atoms with E-state index in [0.717, 1.165) is 11.0 Å². The number of halogens is 2. The molecule has 0 spiro atoms. The van der Waals surface area contributed by atoms with Crippen molar-refractivity contribution in [1.29, 1.82) is 0 Å². The molecule has 9 heteroatoms. The maximum atomic E-state index is 10.5. The fourth-order valence-corrected chi connectivity index (χ4v) is 3.26. The van der Waals surface area contributed by atoms with Gasteiger partial charge in [0.1, 0.15) is 6.54 Å². The molecule has 0 aliphatic rings. The Hall–Kier alpha value is -2.61. The van der Waals surface area contributed by atoms with Crippen molar-refractivity contribution >= 4 is 51.2 Å². The van der Waals surface area contributed by atoms with Crippen molar-refractivity contribution in [3.8, 4) is 0 Å². The number of aliphatic hydroxyl groups excluding tert-OH is 1. The van der Waals surface area contributed by atoms with E-state index in [4.69, 9.17) is 33.4 Å². The van der Waals surface area contributed by atoms with Gasteiger partial charge in [-0.1, -0.05) is 35.3 Å². The van der Waals surface area contributed by atoms with Crippen LogP contribution in [-0.4, -0.2) is 41.9 Å². The highest BCUT2D eigenvalue weighted by atomic mass is 35.5. The molecule has 0 saturated heterocycles. The Morgan fingerprint density at radius 2 is 1.44 bits per heavy atom. The highest BCUT2D eigenvalue weighted by Crippen LogP contribution is 2.22. The Kier molecular flexibility index (Phi) is 5.95. The van der Waals surface area contributed by atoms with Crippen LogP contribution in [0.3, 0.4) is 0 Å². The molecule has 0 saturated carbocycles. The van der Waals surface area contributed by atoms with Crippen molar-refractivity contribution in [3.05, 3.63) is 59.1 Å². The molecule has 0 unspecified atom stereocenters. The van der Waals surface area contributed by atoms with E-state index in [1.165, 1.54) is 10.9 Å². The molecule has 2 aromatic carbocycles. The topological polar surface area (TPSA) is 93.2 Å². The average Bonchev–Trinajstić information content (AvgIpc) is 3.22. The average molecular weight is 407 g/mol. The molecule has 0 radical (unpaired) electrons. The van der Waals surface area contributed by atoms with Crippen LogP contribution in [0.2, 0.25) is 10.0 Å². The molecule has 2 heterocycles. The number of carbonyl (C=O) groups is 1. The van der Waals surface area contributed by atoms with Gasteiger partial charge >= 0.3 is 5.97 Å². The first kappa shape index (κ1) is 19.2. The molecule has 2 aromatic heterocycles. The monoisotopic (exact) mass is 406 g/mol. The first-order chi connectivity index (χ1) is 13.0. The number of hydrogen-bond acceptors (Lipinski definition) is 4. The second-order valence-electron chi connectivity index (χ2n) is 5.64. The minimum Gasteiger partial charge on any atom is -0.480 e. The van der Waals surface area contributed by atoms with E-state index in [2.05, 4.69) is 9.97 Å². The van der Waals surface area contributed by atoms with Gasteiger partial charge in [-0.2, -0.15) is 0 Å². The lowest BCUT2D eigenvalue weighted by Gasteiger charge is -2.01. The number of rotatable bonds is 4. The number of aliphatic hydroxyl groups is 1. The Morgan fingerprint density at radius 3 is 1.96 bits per heavy atom. The highest BCUT2D eigenvalue weighted by Gasteiger charge is 2.08. The maximum absolute atomic E-state index is 10.5. The summed E-state index contributed by atoms with van der Waals surface area (Å²) in [6.45, 7) is 0.497. The number of benzene rings is 2. The van der Waals surface area contributed by atoms with E-state index < -0.39 is 5.97 Å². The van der Waals surface area contributed by atoms with Gasteiger partial charge in [0, 0.05) is 6.54 Å². The van der Waals surface area contributed by atoms with Crippen molar-refractivity contribution in [1.82, 2.24) is 19.1 Å². The van der Waals surface area contributed by atoms with Crippen molar-refractivity contribution in [2.45, 2.75) is 13.1 Å². The van der Waals surface area contributed by atoms with Gasteiger partial charge in [0.05, 0.1) is 51.4 Å². The Balaban J connectivity index is 0.000000156. The third-order valence-electron chi connectivity index (χ3n) is 3.82. The molecule has 4 rings (SSSR count). The molecule has 0 bridgehead atoms. The zero-order valence-corrected chi connectivity index (χ0v) is 15.6. The molecule has 4 aromatic rings. The van der Waals surface area contributed by atoms with E-state index in [0.29, 0.717) is 27.6 Å². The first-order valence-electron chi connectivity index (χ1n) is 8.02. The molecule has 27 heavy (non-hydrogen) atoms. The summed E-state index contributed by atoms with van der Waals surface area (Å²) in [4.78, 5) is 18.7. The van der Waals surface area contributed by atoms with Crippen LogP contribution in [0.15, 0.2) is 49.1 Å². The van der Waals surface area contributed by atoms with E-state index in [-0.39, 0.29) is 13.2 Å². The van der Waals surface area contributed by atoms with Crippen LogP contribution in [0.1, 0.15) is 0 Å². The highest BCUT2D eigenvalue weighted by molar-refractivity contribution is 6.35. The van der Waals surface area contributed by atoms with E-state index in [1.807, 2.05) is 22.8 Å². The molecule has 140 valence electrons. The molecule has 0 aliphatic carbocycles. The molecule has 0 aliphatic heterocycles. The number of para-hydroxylation sites is 2. The summed E-state index contributed by atoms with van der Waals surface area (Å²) >= 11 is 11.9. The third kappa shape index (κ3) is 4.21. The lowest BCUT2D eigenvalue weighted by Crippen LogP contribution is -2.07. The molecule has 7 nitrogen and oxygen atoms in total. The van der Waals surface area contributed by atoms with E-state index in [9.17, 15) is 4.79 Å². The molecule has 0 fully saturated rings. The molecular formula is C18H16Cl2N4O3. The van der Waals surface area contributed by atoms with Crippen LogP contribution >= 0.6 is 23.2 Å². The number of aromatic nitrogens is 4.